The summed E-state index contributed by atoms with van der Waals surface area (Å²) in [5.41, 5.74) is 7.47. The number of hydrogen-bond donors (Lipinski definition) is 1. The van der Waals surface area contributed by atoms with E-state index in [1.54, 1.807) is 4.90 Å². The minimum atomic E-state index is -0.388. The number of benzene rings is 1. The molecule has 4 heteroatoms. The molecule has 1 saturated carbocycles. The number of ether oxygens (including phenoxy) is 1. The van der Waals surface area contributed by atoms with Gasteiger partial charge in [0.2, 0.25) is 0 Å². The lowest BCUT2D eigenvalue weighted by Gasteiger charge is -2.22. The molecule has 0 aromatic heterocycles. The van der Waals surface area contributed by atoms with Crippen molar-refractivity contribution in [2.75, 3.05) is 18.1 Å². The molecule has 3 rings (SSSR count). The smallest absolute Gasteiger partial charge is 0.319 e. The van der Waals surface area contributed by atoms with E-state index >= 15 is 0 Å². The SMILES string of the molecule is NC(=O)N(CC1CC1)c1cccc2c1OCC2. The molecular formula is C13H16N2O2. The summed E-state index contributed by atoms with van der Waals surface area (Å²) in [6.07, 6.45) is 3.30. The molecule has 1 aromatic rings. The second-order valence-corrected chi connectivity index (χ2v) is 4.76. The molecule has 1 aromatic carbocycles. The van der Waals surface area contributed by atoms with Crippen LogP contribution in [0.5, 0.6) is 5.75 Å². The number of primary amides is 1. The van der Waals surface area contributed by atoms with Crippen molar-refractivity contribution in [1.29, 1.82) is 0 Å². The predicted octanol–water partition coefficient (Wildman–Crippen LogP) is 1.92. The number of para-hydroxylation sites is 1. The molecule has 90 valence electrons. The van der Waals surface area contributed by atoms with Gasteiger partial charge in [-0.25, -0.2) is 4.79 Å². The molecule has 2 amide bonds. The Bertz CT molecular complexity index is 455. The summed E-state index contributed by atoms with van der Waals surface area (Å²) >= 11 is 0. The van der Waals surface area contributed by atoms with Crippen LogP contribution >= 0.6 is 0 Å². The zero-order valence-corrected chi connectivity index (χ0v) is 9.69. The van der Waals surface area contributed by atoms with Crippen molar-refractivity contribution in [2.24, 2.45) is 11.7 Å². The molecule has 1 aliphatic carbocycles. The maximum Gasteiger partial charge on any atom is 0.319 e. The topological polar surface area (TPSA) is 55.6 Å². The molecule has 1 heterocycles. The van der Waals surface area contributed by atoms with Gasteiger partial charge in [-0.15, -0.1) is 0 Å². The van der Waals surface area contributed by atoms with Crippen LogP contribution in [0.1, 0.15) is 18.4 Å². The van der Waals surface area contributed by atoms with Gasteiger partial charge in [0.25, 0.3) is 0 Å². The van der Waals surface area contributed by atoms with Gasteiger partial charge in [-0.1, -0.05) is 12.1 Å². The number of hydrogen-bond acceptors (Lipinski definition) is 2. The number of fused-ring (bicyclic) bond motifs is 1. The first-order valence-electron chi connectivity index (χ1n) is 6.07. The van der Waals surface area contributed by atoms with E-state index in [0.29, 0.717) is 12.5 Å². The zero-order chi connectivity index (χ0) is 11.8. The number of anilines is 1. The Morgan fingerprint density at radius 3 is 3.00 bits per heavy atom. The van der Waals surface area contributed by atoms with E-state index in [-0.39, 0.29) is 6.03 Å². The Labute approximate surface area is 100 Å². The molecule has 1 fully saturated rings. The first kappa shape index (κ1) is 10.4. The summed E-state index contributed by atoms with van der Waals surface area (Å²) in [4.78, 5) is 13.2. The number of nitrogens with two attached hydrogens (primary N) is 1. The molecule has 0 unspecified atom stereocenters. The van der Waals surface area contributed by atoms with Crippen molar-refractivity contribution >= 4 is 11.7 Å². The van der Waals surface area contributed by atoms with Gasteiger partial charge in [-0.2, -0.15) is 0 Å². The number of carbonyl (C=O) groups excluding carboxylic acids is 1. The van der Waals surface area contributed by atoms with Gasteiger partial charge < -0.3 is 10.5 Å². The Hall–Kier alpha value is -1.71. The van der Waals surface area contributed by atoms with Crippen molar-refractivity contribution in [3.63, 3.8) is 0 Å². The first-order chi connectivity index (χ1) is 8.25. The van der Waals surface area contributed by atoms with Crippen molar-refractivity contribution in [3.05, 3.63) is 23.8 Å². The largest absolute Gasteiger partial charge is 0.491 e. The van der Waals surface area contributed by atoms with Crippen molar-refractivity contribution in [3.8, 4) is 5.75 Å². The van der Waals surface area contributed by atoms with E-state index in [1.165, 1.54) is 18.4 Å². The van der Waals surface area contributed by atoms with Crippen LogP contribution in [-0.4, -0.2) is 19.2 Å². The second-order valence-electron chi connectivity index (χ2n) is 4.76. The second kappa shape index (κ2) is 3.95. The molecule has 0 radical (unpaired) electrons. The number of rotatable bonds is 3. The highest BCUT2D eigenvalue weighted by molar-refractivity contribution is 5.93. The Morgan fingerprint density at radius 1 is 1.47 bits per heavy atom. The van der Waals surface area contributed by atoms with Crippen LogP contribution in [0.25, 0.3) is 0 Å². The first-order valence-corrected chi connectivity index (χ1v) is 6.07. The van der Waals surface area contributed by atoms with Gasteiger partial charge in [0.05, 0.1) is 12.3 Å². The number of nitrogens with zero attached hydrogens (tertiary/aromatic N) is 1. The summed E-state index contributed by atoms with van der Waals surface area (Å²) in [6, 6.07) is 5.53. The van der Waals surface area contributed by atoms with E-state index in [1.807, 2.05) is 18.2 Å². The summed E-state index contributed by atoms with van der Waals surface area (Å²) < 4.78 is 5.61. The molecule has 17 heavy (non-hydrogen) atoms. The molecule has 2 aliphatic rings. The van der Waals surface area contributed by atoms with E-state index < -0.39 is 0 Å². The summed E-state index contributed by atoms with van der Waals surface area (Å²) in [5, 5.41) is 0. The molecule has 0 bridgehead atoms. The lowest BCUT2D eigenvalue weighted by atomic mass is 10.1. The fraction of sp³-hybridized carbons (Fsp3) is 0.462. The van der Waals surface area contributed by atoms with Gasteiger partial charge in [0.15, 0.2) is 0 Å². The van der Waals surface area contributed by atoms with Crippen molar-refractivity contribution in [2.45, 2.75) is 19.3 Å². The number of urea groups is 1. The highest BCUT2D eigenvalue weighted by Crippen LogP contribution is 2.38. The average molecular weight is 232 g/mol. The van der Waals surface area contributed by atoms with E-state index in [2.05, 4.69) is 0 Å². The summed E-state index contributed by atoms with van der Waals surface area (Å²) in [6.45, 7) is 1.41. The lowest BCUT2D eigenvalue weighted by molar-refractivity contribution is 0.253. The maximum absolute atomic E-state index is 11.6. The number of carbonyl (C=O) groups is 1. The van der Waals surface area contributed by atoms with Gasteiger partial charge in [0, 0.05) is 13.0 Å². The third kappa shape index (κ3) is 1.95. The van der Waals surface area contributed by atoms with Crippen LogP contribution in [-0.2, 0) is 6.42 Å². The molecule has 4 nitrogen and oxygen atoms in total. The minimum absolute atomic E-state index is 0.388. The van der Waals surface area contributed by atoms with Gasteiger partial charge in [-0.3, -0.25) is 4.90 Å². The van der Waals surface area contributed by atoms with Crippen LogP contribution < -0.4 is 15.4 Å². The lowest BCUT2D eigenvalue weighted by Crippen LogP contribution is -2.37. The van der Waals surface area contributed by atoms with Crippen LogP contribution in [0.15, 0.2) is 18.2 Å². The average Bonchev–Trinajstić information content (AvgIpc) is 3.00. The highest BCUT2D eigenvalue weighted by atomic mass is 16.5. The fourth-order valence-electron chi connectivity index (χ4n) is 2.28. The van der Waals surface area contributed by atoms with Crippen LogP contribution in [0.4, 0.5) is 10.5 Å². The Morgan fingerprint density at radius 2 is 2.29 bits per heavy atom. The third-order valence-corrected chi connectivity index (χ3v) is 3.39. The van der Waals surface area contributed by atoms with Crippen LogP contribution in [0, 0.1) is 5.92 Å². The zero-order valence-electron chi connectivity index (χ0n) is 9.69. The fourth-order valence-corrected chi connectivity index (χ4v) is 2.28. The molecule has 2 N–H and O–H groups in total. The van der Waals surface area contributed by atoms with E-state index in [9.17, 15) is 4.79 Å². The monoisotopic (exact) mass is 232 g/mol. The maximum atomic E-state index is 11.6. The molecular weight excluding hydrogens is 216 g/mol. The standard InChI is InChI=1S/C13H16N2O2/c14-13(16)15(8-9-4-5-9)11-3-1-2-10-6-7-17-12(10)11/h1-3,9H,4-8H2,(H2,14,16). The van der Waals surface area contributed by atoms with Gasteiger partial charge >= 0.3 is 6.03 Å². The van der Waals surface area contributed by atoms with Gasteiger partial charge in [0.1, 0.15) is 5.75 Å². The van der Waals surface area contributed by atoms with E-state index in [0.717, 1.165) is 24.4 Å². The Balaban J connectivity index is 1.94. The van der Waals surface area contributed by atoms with Crippen molar-refractivity contribution in [1.82, 2.24) is 0 Å². The molecule has 0 spiro atoms. The van der Waals surface area contributed by atoms with Crippen LogP contribution in [0.2, 0.25) is 0 Å². The quantitative estimate of drug-likeness (QED) is 0.865. The normalized spacial score (nSPS) is 17.4. The van der Waals surface area contributed by atoms with Crippen LogP contribution in [0.3, 0.4) is 0 Å². The minimum Gasteiger partial charge on any atom is -0.491 e. The molecule has 1 aliphatic heterocycles. The Kier molecular flexibility index (Phi) is 2.42. The molecule has 0 atom stereocenters. The molecule has 0 saturated heterocycles. The van der Waals surface area contributed by atoms with E-state index in [4.69, 9.17) is 10.5 Å². The van der Waals surface area contributed by atoms with Gasteiger partial charge in [-0.05, 0) is 30.4 Å². The summed E-state index contributed by atoms with van der Waals surface area (Å²) in [5.74, 6) is 1.45. The summed E-state index contributed by atoms with van der Waals surface area (Å²) in [7, 11) is 0. The third-order valence-electron chi connectivity index (χ3n) is 3.39. The highest BCUT2D eigenvalue weighted by Gasteiger charge is 2.29. The predicted molar refractivity (Wildman–Crippen MR) is 65.3 cm³/mol. The van der Waals surface area contributed by atoms with Crippen molar-refractivity contribution < 1.29 is 9.53 Å². The number of amides is 2.